The summed E-state index contributed by atoms with van der Waals surface area (Å²) in [6.07, 6.45) is -3.48. The Kier molecular flexibility index (Phi) is 7.26. The molecular formula is C13H20F3N3O5. The number of halogens is 3. The Hall–Kier alpha value is -2.04. The predicted octanol–water partition coefficient (Wildman–Crippen LogP) is 0.584. The molecule has 2 aliphatic heterocycles. The van der Waals surface area contributed by atoms with Gasteiger partial charge in [0.1, 0.15) is 0 Å². The number of unbranched alkanes of at least 4 members (excludes halogenated alkanes) is 1. The summed E-state index contributed by atoms with van der Waals surface area (Å²) in [5.74, 6) is -3.52. The second-order valence-corrected chi connectivity index (χ2v) is 5.43. The minimum Gasteiger partial charge on any atom is -0.481 e. The molecule has 2 rings (SSSR count). The van der Waals surface area contributed by atoms with Crippen LogP contribution in [0.5, 0.6) is 0 Å². The smallest absolute Gasteiger partial charge is 0.481 e. The number of aliphatic carboxylic acids is 2. The van der Waals surface area contributed by atoms with Crippen LogP contribution in [0.15, 0.2) is 0 Å². The average Bonchev–Trinajstić information content (AvgIpc) is 2.80. The number of urea groups is 1. The van der Waals surface area contributed by atoms with E-state index in [1.165, 1.54) is 0 Å². The average molecular weight is 355 g/mol. The van der Waals surface area contributed by atoms with Crippen LogP contribution in [-0.2, 0) is 9.59 Å². The number of fused-ring (bicyclic) bond motifs is 1. The van der Waals surface area contributed by atoms with Gasteiger partial charge in [-0.15, -0.1) is 0 Å². The molecule has 0 radical (unpaired) electrons. The molecule has 2 fully saturated rings. The van der Waals surface area contributed by atoms with Crippen LogP contribution in [0.4, 0.5) is 18.0 Å². The molecule has 11 heteroatoms. The maximum atomic E-state index is 12.0. The van der Waals surface area contributed by atoms with Gasteiger partial charge in [-0.2, -0.15) is 13.2 Å². The summed E-state index contributed by atoms with van der Waals surface area (Å²) < 4.78 is 31.7. The first-order chi connectivity index (χ1) is 11.1. The van der Waals surface area contributed by atoms with Gasteiger partial charge in [-0.1, -0.05) is 0 Å². The SMILES string of the molecule is O=C(O)C(F)(F)F.O=C(O)CCCCN1C[C@@H]2CNCCN2C1=O. The molecule has 0 aliphatic carbocycles. The Bertz CT molecular complexity index is 472. The lowest BCUT2D eigenvalue weighted by atomic mass is 10.2. The summed E-state index contributed by atoms with van der Waals surface area (Å²) in [5, 5.41) is 18.9. The van der Waals surface area contributed by atoms with E-state index in [9.17, 15) is 22.8 Å². The zero-order valence-electron chi connectivity index (χ0n) is 12.9. The van der Waals surface area contributed by atoms with E-state index in [1.54, 1.807) is 0 Å². The van der Waals surface area contributed by atoms with Gasteiger partial charge in [0.05, 0.1) is 6.04 Å². The normalized spacial score (nSPS) is 20.3. The molecule has 2 aliphatic rings. The van der Waals surface area contributed by atoms with Crippen LogP contribution >= 0.6 is 0 Å². The summed E-state index contributed by atoms with van der Waals surface area (Å²) >= 11 is 0. The molecule has 0 aromatic rings. The highest BCUT2D eigenvalue weighted by atomic mass is 19.4. The molecule has 0 aromatic heterocycles. The number of amides is 2. The largest absolute Gasteiger partial charge is 0.490 e. The van der Waals surface area contributed by atoms with Crippen molar-refractivity contribution in [2.24, 2.45) is 0 Å². The Morgan fingerprint density at radius 3 is 2.38 bits per heavy atom. The van der Waals surface area contributed by atoms with Crippen LogP contribution in [0.25, 0.3) is 0 Å². The number of carboxylic acid groups (broad SMARTS) is 2. The van der Waals surface area contributed by atoms with Gasteiger partial charge in [0.15, 0.2) is 0 Å². The van der Waals surface area contributed by atoms with Crippen molar-refractivity contribution in [3.63, 3.8) is 0 Å². The van der Waals surface area contributed by atoms with E-state index in [0.29, 0.717) is 19.0 Å². The molecule has 0 unspecified atom stereocenters. The molecule has 0 bridgehead atoms. The third kappa shape index (κ3) is 6.22. The van der Waals surface area contributed by atoms with Gasteiger partial charge >= 0.3 is 24.1 Å². The lowest BCUT2D eigenvalue weighted by Gasteiger charge is -2.28. The minimum absolute atomic E-state index is 0.117. The number of carbonyl (C=O) groups is 3. The highest BCUT2D eigenvalue weighted by molar-refractivity contribution is 5.77. The second kappa shape index (κ2) is 8.71. The fourth-order valence-corrected chi connectivity index (χ4v) is 2.46. The van der Waals surface area contributed by atoms with E-state index in [2.05, 4.69) is 5.32 Å². The molecular weight excluding hydrogens is 335 g/mol. The van der Waals surface area contributed by atoms with Crippen LogP contribution in [0.3, 0.4) is 0 Å². The molecule has 0 spiro atoms. The van der Waals surface area contributed by atoms with Crippen molar-refractivity contribution < 1.29 is 37.8 Å². The Balaban J connectivity index is 0.000000351. The number of piperazine rings is 1. The molecule has 138 valence electrons. The van der Waals surface area contributed by atoms with E-state index >= 15 is 0 Å². The number of carbonyl (C=O) groups excluding carboxylic acids is 1. The van der Waals surface area contributed by atoms with Crippen LogP contribution in [0.1, 0.15) is 19.3 Å². The van der Waals surface area contributed by atoms with Crippen LogP contribution in [0.2, 0.25) is 0 Å². The van der Waals surface area contributed by atoms with Crippen molar-refractivity contribution in [3.8, 4) is 0 Å². The van der Waals surface area contributed by atoms with E-state index in [0.717, 1.165) is 32.6 Å². The van der Waals surface area contributed by atoms with Gasteiger partial charge in [0.2, 0.25) is 0 Å². The molecule has 2 saturated heterocycles. The number of carboxylic acids is 2. The van der Waals surface area contributed by atoms with E-state index in [4.69, 9.17) is 15.0 Å². The first-order valence-corrected chi connectivity index (χ1v) is 7.41. The predicted molar refractivity (Wildman–Crippen MR) is 75.5 cm³/mol. The molecule has 2 amide bonds. The molecule has 1 atom stereocenters. The number of hydrogen-bond acceptors (Lipinski definition) is 4. The summed E-state index contributed by atoms with van der Waals surface area (Å²) in [4.78, 5) is 35.0. The Labute approximate surface area is 136 Å². The van der Waals surface area contributed by atoms with Crippen molar-refractivity contribution in [1.82, 2.24) is 15.1 Å². The molecule has 3 N–H and O–H groups in total. The highest BCUT2D eigenvalue weighted by Gasteiger charge is 2.38. The molecule has 24 heavy (non-hydrogen) atoms. The van der Waals surface area contributed by atoms with Crippen molar-refractivity contribution in [2.75, 3.05) is 32.7 Å². The van der Waals surface area contributed by atoms with Gasteiger partial charge in [0.25, 0.3) is 0 Å². The fraction of sp³-hybridized carbons (Fsp3) is 0.769. The highest BCUT2D eigenvalue weighted by Crippen LogP contribution is 2.18. The van der Waals surface area contributed by atoms with E-state index in [-0.39, 0.29) is 12.5 Å². The second-order valence-electron chi connectivity index (χ2n) is 5.43. The van der Waals surface area contributed by atoms with Gasteiger partial charge in [-0.25, -0.2) is 9.59 Å². The van der Waals surface area contributed by atoms with Crippen LogP contribution < -0.4 is 5.32 Å². The lowest BCUT2D eigenvalue weighted by Crippen LogP contribution is -2.49. The monoisotopic (exact) mass is 355 g/mol. The molecule has 8 nitrogen and oxygen atoms in total. The van der Waals surface area contributed by atoms with Gasteiger partial charge in [-0.3, -0.25) is 4.79 Å². The third-order valence-corrected chi connectivity index (χ3v) is 3.61. The number of nitrogens with one attached hydrogen (secondary N) is 1. The fourth-order valence-electron chi connectivity index (χ4n) is 2.46. The number of rotatable bonds is 5. The summed E-state index contributed by atoms with van der Waals surface area (Å²) in [7, 11) is 0. The number of alkyl halides is 3. The summed E-state index contributed by atoms with van der Waals surface area (Å²) in [6.45, 7) is 3.99. The van der Waals surface area contributed by atoms with Gasteiger partial charge < -0.3 is 25.3 Å². The van der Waals surface area contributed by atoms with Crippen LogP contribution in [0, 0.1) is 0 Å². The number of hydrogen-bond donors (Lipinski definition) is 3. The Morgan fingerprint density at radius 2 is 1.88 bits per heavy atom. The zero-order valence-corrected chi connectivity index (χ0v) is 12.9. The first-order valence-electron chi connectivity index (χ1n) is 7.41. The third-order valence-electron chi connectivity index (χ3n) is 3.61. The maximum Gasteiger partial charge on any atom is 0.490 e. The summed E-state index contributed by atoms with van der Waals surface area (Å²) in [6, 6.07) is 0.419. The summed E-state index contributed by atoms with van der Waals surface area (Å²) in [5.41, 5.74) is 0. The van der Waals surface area contributed by atoms with Crippen molar-refractivity contribution in [1.29, 1.82) is 0 Å². The standard InChI is InChI=1S/C11H19N3O3.C2HF3O2/c15-10(16)3-1-2-5-13-8-9-7-12-4-6-14(9)11(13)17;3-2(4,5)1(6)7/h9,12H,1-8H2,(H,15,16);(H,6,7)/t9-;/m0./s1. The van der Waals surface area contributed by atoms with Gasteiger partial charge in [-0.05, 0) is 12.8 Å². The molecule has 2 heterocycles. The lowest BCUT2D eigenvalue weighted by molar-refractivity contribution is -0.192. The topological polar surface area (TPSA) is 110 Å². The quantitative estimate of drug-likeness (QED) is 0.623. The first kappa shape index (κ1) is 20.0. The van der Waals surface area contributed by atoms with Crippen LogP contribution in [-0.4, -0.2) is 82.9 Å². The van der Waals surface area contributed by atoms with E-state index < -0.39 is 18.1 Å². The number of nitrogens with zero attached hydrogens (tertiary/aromatic N) is 2. The van der Waals surface area contributed by atoms with E-state index in [1.807, 2.05) is 9.80 Å². The van der Waals surface area contributed by atoms with Gasteiger partial charge in [0, 0.05) is 39.1 Å². The molecule has 0 saturated carbocycles. The van der Waals surface area contributed by atoms with Crippen molar-refractivity contribution >= 4 is 18.0 Å². The van der Waals surface area contributed by atoms with Crippen molar-refractivity contribution in [2.45, 2.75) is 31.5 Å². The minimum atomic E-state index is -5.08. The Morgan fingerprint density at radius 1 is 1.25 bits per heavy atom. The molecule has 0 aromatic carbocycles. The van der Waals surface area contributed by atoms with Crippen molar-refractivity contribution in [3.05, 3.63) is 0 Å². The maximum absolute atomic E-state index is 12.0. The zero-order chi connectivity index (χ0) is 18.3.